The van der Waals surface area contributed by atoms with Crippen molar-refractivity contribution in [3.63, 3.8) is 0 Å². The lowest BCUT2D eigenvalue weighted by Crippen LogP contribution is -2.08. The van der Waals surface area contributed by atoms with E-state index in [2.05, 4.69) is 13.8 Å². The first kappa shape index (κ1) is 13.4. The van der Waals surface area contributed by atoms with Crippen LogP contribution >= 0.6 is 0 Å². The first-order chi connectivity index (χ1) is 6.43. The van der Waals surface area contributed by atoms with Crippen LogP contribution in [0.3, 0.4) is 0 Å². The molecule has 2 heteroatoms. The number of rotatable bonds is 6. The third kappa shape index (κ3) is 6.84. The van der Waals surface area contributed by atoms with Crippen LogP contribution in [-0.2, 0) is 4.79 Å². The van der Waals surface area contributed by atoms with Crippen LogP contribution in [0, 0.1) is 11.8 Å². The second kappa shape index (κ2) is 6.77. The fourth-order valence-electron chi connectivity index (χ4n) is 1.33. The molecule has 0 bridgehead atoms. The van der Waals surface area contributed by atoms with Gasteiger partial charge in [0, 0.05) is 6.42 Å². The maximum atomic E-state index is 10.8. The van der Waals surface area contributed by atoms with Crippen molar-refractivity contribution >= 4 is 5.78 Å². The van der Waals surface area contributed by atoms with Crippen LogP contribution in [0.4, 0.5) is 0 Å². The number of hydrogen-bond donors (Lipinski definition) is 1. The summed E-state index contributed by atoms with van der Waals surface area (Å²) in [5.41, 5.74) is 0. The minimum absolute atomic E-state index is 0.237. The molecule has 0 rings (SSSR count). The van der Waals surface area contributed by atoms with E-state index in [9.17, 15) is 4.79 Å². The molecule has 0 heterocycles. The third-order valence-electron chi connectivity index (χ3n) is 2.32. The van der Waals surface area contributed by atoms with Crippen LogP contribution in [0.5, 0.6) is 0 Å². The number of Topliss-reactive ketones (excluding diaryl/α,β-unsaturated/α-hetero) is 1. The Hall–Kier alpha value is -0.630. The maximum Gasteiger partial charge on any atom is 0.129 e. The van der Waals surface area contributed by atoms with Gasteiger partial charge >= 0.3 is 0 Å². The van der Waals surface area contributed by atoms with Gasteiger partial charge in [-0.25, -0.2) is 0 Å². The Morgan fingerprint density at radius 1 is 1.29 bits per heavy atom. The zero-order chi connectivity index (χ0) is 11.1. The number of carbonyl (C=O) groups is 1. The summed E-state index contributed by atoms with van der Waals surface area (Å²) in [5.74, 6) is 1.15. The van der Waals surface area contributed by atoms with Gasteiger partial charge in [-0.15, -0.1) is 0 Å². The summed E-state index contributed by atoms with van der Waals surface area (Å²) in [4.78, 5) is 10.8. The highest BCUT2D eigenvalue weighted by Gasteiger charge is 2.10. The molecule has 0 aliphatic heterocycles. The summed E-state index contributed by atoms with van der Waals surface area (Å²) in [6, 6.07) is 0. The largest absolute Gasteiger partial charge is 0.389 e. The van der Waals surface area contributed by atoms with Crippen molar-refractivity contribution in [3.8, 4) is 0 Å². The van der Waals surface area contributed by atoms with E-state index < -0.39 is 6.10 Å². The Labute approximate surface area is 87.0 Å². The lowest BCUT2D eigenvalue weighted by molar-refractivity contribution is -0.117. The summed E-state index contributed by atoms with van der Waals surface area (Å²) in [6.45, 7) is 7.63. The molecule has 0 aliphatic rings. The fourth-order valence-corrected chi connectivity index (χ4v) is 1.33. The van der Waals surface area contributed by atoms with Gasteiger partial charge in [0.05, 0.1) is 6.10 Å². The van der Waals surface area contributed by atoms with E-state index in [1.165, 1.54) is 0 Å². The topological polar surface area (TPSA) is 37.3 Å². The van der Waals surface area contributed by atoms with Gasteiger partial charge in [-0.2, -0.15) is 0 Å². The molecule has 0 unspecified atom stereocenters. The molecular weight excluding hydrogens is 176 g/mol. The van der Waals surface area contributed by atoms with Crippen LogP contribution in [0.2, 0.25) is 0 Å². The predicted octanol–water partition coefficient (Wildman–Crippen LogP) is 2.56. The van der Waals surface area contributed by atoms with Gasteiger partial charge in [0.25, 0.3) is 0 Å². The van der Waals surface area contributed by atoms with Gasteiger partial charge in [0.15, 0.2) is 0 Å². The van der Waals surface area contributed by atoms with Gasteiger partial charge in [0.2, 0.25) is 0 Å². The van der Waals surface area contributed by atoms with E-state index >= 15 is 0 Å². The molecule has 0 aromatic carbocycles. The minimum Gasteiger partial charge on any atom is -0.389 e. The SMILES string of the molecule is CC(=O)CC[C@@H](/C=C/[C@H](C)O)C(C)C. The number of aliphatic hydroxyl groups is 1. The monoisotopic (exact) mass is 198 g/mol. The molecule has 2 nitrogen and oxygen atoms in total. The fraction of sp³-hybridized carbons (Fsp3) is 0.750. The van der Waals surface area contributed by atoms with E-state index in [1.807, 2.05) is 6.08 Å². The van der Waals surface area contributed by atoms with Crippen LogP contribution in [-0.4, -0.2) is 17.0 Å². The van der Waals surface area contributed by atoms with Crippen molar-refractivity contribution in [1.82, 2.24) is 0 Å². The molecule has 0 spiro atoms. The minimum atomic E-state index is -0.395. The van der Waals surface area contributed by atoms with E-state index in [0.717, 1.165) is 6.42 Å². The van der Waals surface area contributed by atoms with Crippen molar-refractivity contribution in [2.45, 2.75) is 46.6 Å². The summed E-state index contributed by atoms with van der Waals surface area (Å²) in [7, 11) is 0. The molecule has 0 amide bonds. The predicted molar refractivity (Wildman–Crippen MR) is 59.1 cm³/mol. The lowest BCUT2D eigenvalue weighted by Gasteiger charge is -2.16. The van der Waals surface area contributed by atoms with Gasteiger partial charge in [-0.3, -0.25) is 0 Å². The molecule has 0 aromatic rings. The lowest BCUT2D eigenvalue weighted by atomic mass is 9.90. The second-order valence-electron chi connectivity index (χ2n) is 4.27. The molecule has 0 fully saturated rings. The number of carbonyl (C=O) groups excluding carboxylic acids is 1. The Morgan fingerprint density at radius 2 is 1.86 bits per heavy atom. The smallest absolute Gasteiger partial charge is 0.129 e. The summed E-state index contributed by atoms with van der Waals surface area (Å²) in [6.07, 6.45) is 4.94. The van der Waals surface area contributed by atoms with Crippen LogP contribution < -0.4 is 0 Å². The standard InChI is InChI=1S/C12H22O2/c1-9(2)12(7-5-10(3)13)8-6-11(4)14/h5,7,9-10,12-13H,6,8H2,1-4H3/b7-5+/t10-,12+/m0/s1. The van der Waals surface area contributed by atoms with Gasteiger partial charge in [-0.1, -0.05) is 26.0 Å². The van der Waals surface area contributed by atoms with Crippen LogP contribution in [0.25, 0.3) is 0 Å². The number of ketones is 1. The van der Waals surface area contributed by atoms with Gasteiger partial charge in [0.1, 0.15) is 5.78 Å². The molecule has 2 atom stereocenters. The van der Waals surface area contributed by atoms with E-state index in [-0.39, 0.29) is 5.78 Å². The number of allylic oxidation sites excluding steroid dienone is 1. The molecule has 0 radical (unpaired) electrons. The zero-order valence-corrected chi connectivity index (χ0v) is 9.66. The Kier molecular flexibility index (Phi) is 6.46. The van der Waals surface area contributed by atoms with Crippen LogP contribution in [0.1, 0.15) is 40.5 Å². The third-order valence-corrected chi connectivity index (χ3v) is 2.32. The number of hydrogen-bond acceptors (Lipinski definition) is 2. The van der Waals surface area contributed by atoms with Crippen molar-refractivity contribution < 1.29 is 9.90 Å². The number of aliphatic hydroxyl groups excluding tert-OH is 1. The highest BCUT2D eigenvalue weighted by Crippen LogP contribution is 2.19. The first-order valence-corrected chi connectivity index (χ1v) is 5.29. The Balaban J connectivity index is 4.09. The van der Waals surface area contributed by atoms with Gasteiger partial charge < -0.3 is 9.90 Å². The molecule has 0 saturated carbocycles. The Morgan fingerprint density at radius 3 is 2.21 bits per heavy atom. The molecule has 1 N–H and O–H groups in total. The van der Waals surface area contributed by atoms with Crippen molar-refractivity contribution in [1.29, 1.82) is 0 Å². The maximum absolute atomic E-state index is 10.8. The van der Waals surface area contributed by atoms with Gasteiger partial charge in [-0.05, 0) is 32.1 Å². The average molecular weight is 198 g/mol. The Bertz CT molecular complexity index is 192. The van der Waals surface area contributed by atoms with Crippen molar-refractivity contribution in [3.05, 3.63) is 12.2 Å². The molecule has 14 heavy (non-hydrogen) atoms. The second-order valence-corrected chi connectivity index (χ2v) is 4.27. The normalized spacial score (nSPS) is 16.1. The summed E-state index contributed by atoms with van der Waals surface area (Å²) < 4.78 is 0. The molecule has 0 saturated heterocycles. The molecule has 82 valence electrons. The molecular formula is C12H22O2. The highest BCUT2D eigenvalue weighted by atomic mass is 16.3. The van der Waals surface area contributed by atoms with E-state index in [0.29, 0.717) is 18.3 Å². The zero-order valence-electron chi connectivity index (χ0n) is 9.66. The molecule has 0 aliphatic carbocycles. The summed E-state index contributed by atoms with van der Waals surface area (Å²) in [5, 5.41) is 9.11. The van der Waals surface area contributed by atoms with Crippen LogP contribution in [0.15, 0.2) is 12.2 Å². The first-order valence-electron chi connectivity index (χ1n) is 5.29. The molecule has 0 aromatic heterocycles. The van der Waals surface area contributed by atoms with Crippen molar-refractivity contribution in [2.75, 3.05) is 0 Å². The quantitative estimate of drug-likeness (QED) is 0.666. The van der Waals surface area contributed by atoms with E-state index in [1.54, 1.807) is 19.9 Å². The summed E-state index contributed by atoms with van der Waals surface area (Å²) >= 11 is 0. The average Bonchev–Trinajstić information content (AvgIpc) is 2.02. The highest BCUT2D eigenvalue weighted by molar-refractivity contribution is 5.75. The van der Waals surface area contributed by atoms with E-state index in [4.69, 9.17) is 5.11 Å². The van der Waals surface area contributed by atoms with Crippen molar-refractivity contribution in [2.24, 2.45) is 11.8 Å².